The van der Waals surface area contributed by atoms with Gasteiger partial charge in [0.15, 0.2) is 18.1 Å². The molecule has 0 amide bonds. The second-order valence-electron chi connectivity index (χ2n) is 5.77. The van der Waals surface area contributed by atoms with Gasteiger partial charge in [-0.25, -0.2) is 9.78 Å². The SMILES string of the molecule is Cc1noc(COc2ccc(OC(=O)c3nccc4ccccc34)cc2)n1. The monoisotopic (exact) mass is 361 g/mol. The van der Waals surface area contributed by atoms with Gasteiger partial charge in [-0.1, -0.05) is 29.4 Å². The average Bonchev–Trinajstić information content (AvgIpc) is 3.12. The summed E-state index contributed by atoms with van der Waals surface area (Å²) in [5.74, 6) is 1.43. The highest BCUT2D eigenvalue weighted by molar-refractivity contribution is 6.03. The average molecular weight is 361 g/mol. The summed E-state index contributed by atoms with van der Waals surface area (Å²) in [6, 6.07) is 16.1. The largest absolute Gasteiger partial charge is 0.484 e. The lowest BCUT2D eigenvalue weighted by Crippen LogP contribution is -2.11. The van der Waals surface area contributed by atoms with E-state index in [9.17, 15) is 4.79 Å². The Hall–Kier alpha value is -3.74. The topological polar surface area (TPSA) is 87.3 Å². The van der Waals surface area contributed by atoms with Crippen LogP contribution in [0.5, 0.6) is 11.5 Å². The van der Waals surface area contributed by atoms with E-state index in [1.807, 2.05) is 30.3 Å². The first-order chi connectivity index (χ1) is 13.2. The maximum atomic E-state index is 12.5. The first-order valence-corrected chi connectivity index (χ1v) is 8.27. The van der Waals surface area contributed by atoms with Gasteiger partial charge in [0.25, 0.3) is 5.89 Å². The second kappa shape index (κ2) is 7.25. The minimum absolute atomic E-state index is 0.167. The van der Waals surface area contributed by atoms with E-state index in [1.165, 1.54) is 0 Å². The molecule has 4 rings (SSSR count). The molecule has 27 heavy (non-hydrogen) atoms. The van der Waals surface area contributed by atoms with Crippen molar-refractivity contribution in [3.8, 4) is 11.5 Å². The normalized spacial score (nSPS) is 10.7. The standard InChI is InChI=1S/C20H15N3O4/c1-13-22-18(27-23-13)12-25-15-6-8-16(9-7-15)26-20(24)19-17-5-3-2-4-14(17)10-11-21-19/h2-11H,12H2,1H3. The number of benzene rings is 2. The summed E-state index contributed by atoms with van der Waals surface area (Å²) in [7, 11) is 0. The summed E-state index contributed by atoms with van der Waals surface area (Å²) in [5, 5.41) is 5.38. The number of aryl methyl sites for hydroxylation is 1. The number of carbonyl (C=O) groups excluding carboxylic acids is 1. The summed E-state index contributed by atoms with van der Waals surface area (Å²) >= 11 is 0. The van der Waals surface area contributed by atoms with E-state index in [0.717, 1.165) is 10.8 Å². The van der Waals surface area contributed by atoms with Crippen molar-refractivity contribution in [3.05, 3.63) is 78.2 Å². The predicted octanol–water partition coefficient (Wildman–Crippen LogP) is 3.72. The Kier molecular flexibility index (Phi) is 4.49. The van der Waals surface area contributed by atoms with E-state index in [0.29, 0.717) is 23.2 Å². The van der Waals surface area contributed by atoms with Gasteiger partial charge in [-0.15, -0.1) is 0 Å². The molecule has 0 saturated heterocycles. The second-order valence-corrected chi connectivity index (χ2v) is 5.77. The zero-order chi connectivity index (χ0) is 18.6. The Morgan fingerprint density at radius 3 is 2.59 bits per heavy atom. The molecule has 7 nitrogen and oxygen atoms in total. The third kappa shape index (κ3) is 3.77. The van der Waals surface area contributed by atoms with Crippen LogP contribution in [0.2, 0.25) is 0 Å². The van der Waals surface area contributed by atoms with Gasteiger partial charge in [-0.3, -0.25) is 0 Å². The number of carbonyl (C=O) groups is 1. The van der Waals surface area contributed by atoms with Crippen molar-refractivity contribution in [2.45, 2.75) is 13.5 Å². The van der Waals surface area contributed by atoms with Crippen LogP contribution < -0.4 is 9.47 Å². The number of aromatic nitrogens is 3. The molecule has 0 unspecified atom stereocenters. The fraction of sp³-hybridized carbons (Fsp3) is 0.100. The van der Waals surface area contributed by atoms with Crippen LogP contribution in [-0.2, 0) is 6.61 Å². The zero-order valence-corrected chi connectivity index (χ0v) is 14.5. The Morgan fingerprint density at radius 2 is 1.81 bits per heavy atom. The van der Waals surface area contributed by atoms with E-state index in [-0.39, 0.29) is 12.3 Å². The van der Waals surface area contributed by atoms with Gasteiger partial charge in [0.05, 0.1) is 0 Å². The van der Waals surface area contributed by atoms with Crippen LogP contribution in [0.15, 0.2) is 65.3 Å². The van der Waals surface area contributed by atoms with Gasteiger partial charge in [0, 0.05) is 11.6 Å². The van der Waals surface area contributed by atoms with Crippen LogP contribution in [0.3, 0.4) is 0 Å². The third-order valence-corrected chi connectivity index (χ3v) is 3.83. The van der Waals surface area contributed by atoms with Crippen molar-refractivity contribution >= 4 is 16.7 Å². The lowest BCUT2D eigenvalue weighted by Gasteiger charge is -2.07. The van der Waals surface area contributed by atoms with Crippen LogP contribution >= 0.6 is 0 Å². The van der Waals surface area contributed by atoms with Crippen LogP contribution in [-0.4, -0.2) is 21.1 Å². The van der Waals surface area contributed by atoms with Crippen molar-refractivity contribution in [3.63, 3.8) is 0 Å². The van der Waals surface area contributed by atoms with Crippen LogP contribution in [0, 0.1) is 6.92 Å². The summed E-state index contributed by atoms with van der Waals surface area (Å²) in [6.07, 6.45) is 1.59. The summed E-state index contributed by atoms with van der Waals surface area (Å²) < 4.78 is 16.0. The van der Waals surface area contributed by atoms with Gasteiger partial charge < -0.3 is 14.0 Å². The van der Waals surface area contributed by atoms with Gasteiger partial charge >= 0.3 is 5.97 Å². The molecule has 0 aliphatic heterocycles. The quantitative estimate of drug-likeness (QED) is 0.395. The van der Waals surface area contributed by atoms with E-state index in [4.69, 9.17) is 14.0 Å². The molecule has 7 heteroatoms. The molecule has 2 aromatic heterocycles. The van der Waals surface area contributed by atoms with Crippen LogP contribution in [0.1, 0.15) is 22.2 Å². The van der Waals surface area contributed by atoms with E-state index < -0.39 is 5.97 Å². The smallest absolute Gasteiger partial charge is 0.362 e. The molecule has 0 fully saturated rings. The fourth-order valence-electron chi connectivity index (χ4n) is 2.59. The molecule has 4 aromatic rings. The molecule has 0 saturated carbocycles. The molecule has 0 aliphatic carbocycles. The molecular weight excluding hydrogens is 346 g/mol. The van der Waals surface area contributed by atoms with Gasteiger partial charge in [-0.05, 0) is 42.6 Å². The lowest BCUT2D eigenvalue weighted by atomic mass is 10.1. The minimum atomic E-state index is -0.512. The van der Waals surface area contributed by atoms with Crippen LogP contribution in [0.25, 0.3) is 10.8 Å². The Bertz CT molecular complexity index is 1080. The molecule has 134 valence electrons. The predicted molar refractivity (Wildman–Crippen MR) is 96.5 cm³/mol. The van der Waals surface area contributed by atoms with Crippen molar-refractivity contribution < 1.29 is 18.8 Å². The zero-order valence-electron chi connectivity index (χ0n) is 14.5. The molecular formula is C20H15N3O4. The minimum Gasteiger partial charge on any atom is -0.484 e. The molecule has 2 heterocycles. The maximum absolute atomic E-state index is 12.5. The molecule has 0 N–H and O–H groups in total. The number of nitrogens with zero attached hydrogens (tertiary/aromatic N) is 3. The molecule has 0 radical (unpaired) electrons. The Morgan fingerprint density at radius 1 is 1.04 bits per heavy atom. The highest BCUT2D eigenvalue weighted by Gasteiger charge is 2.14. The summed E-state index contributed by atoms with van der Waals surface area (Å²) in [5.41, 5.74) is 0.278. The molecule has 0 spiro atoms. The molecule has 0 atom stereocenters. The van der Waals surface area contributed by atoms with Crippen LogP contribution in [0.4, 0.5) is 0 Å². The number of hydrogen-bond donors (Lipinski definition) is 0. The van der Waals surface area contributed by atoms with Crippen molar-refractivity contribution in [2.24, 2.45) is 0 Å². The van der Waals surface area contributed by atoms with Crippen molar-refractivity contribution in [1.82, 2.24) is 15.1 Å². The highest BCUT2D eigenvalue weighted by atomic mass is 16.5. The molecule has 0 bridgehead atoms. The van der Waals surface area contributed by atoms with E-state index in [1.54, 1.807) is 37.4 Å². The Balaban J connectivity index is 1.44. The van der Waals surface area contributed by atoms with E-state index in [2.05, 4.69) is 15.1 Å². The van der Waals surface area contributed by atoms with Crippen molar-refractivity contribution in [2.75, 3.05) is 0 Å². The summed E-state index contributed by atoms with van der Waals surface area (Å²) in [4.78, 5) is 20.7. The fourth-order valence-corrected chi connectivity index (χ4v) is 2.59. The number of rotatable bonds is 5. The van der Waals surface area contributed by atoms with Crippen molar-refractivity contribution in [1.29, 1.82) is 0 Å². The van der Waals surface area contributed by atoms with Gasteiger partial charge in [-0.2, -0.15) is 4.98 Å². The van der Waals surface area contributed by atoms with E-state index >= 15 is 0 Å². The van der Waals surface area contributed by atoms with Gasteiger partial charge in [0.2, 0.25) is 0 Å². The first-order valence-electron chi connectivity index (χ1n) is 8.27. The number of ether oxygens (including phenoxy) is 2. The number of pyridine rings is 1. The lowest BCUT2D eigenvalue weighted by molar-refractivity contribution is 0.0730. The summed E-state index contributed by atoms with van der Waals surface area (Å²) in [6.45, 7) is 1.90. The number of esters is 1. The third-order valence-electron chi connectivity index (χ3n) is 3.83. The number of hydrogen-bond acceptors (Lipinski definition) is 7. The first kappa shape index (κ1) is 16.7. The molecule has 2 aromatic carbocycles. The highest BCUT2D eigenvalue weighted by Crippen LogP contribution is 2.21. The Labute approximate surface area is 154 Å². The maximum Gasteiger partial charge on any atom is 0.362 e. The molecule has 0 aliphatic rings. The van der Waals surface area contributed by atoms with Gasteiger partial charge in [0.1, 0.15) is 11.5 Å². The number of fused-ring (bicyclic) bond motifs is 1.